The Morgan fingerprint density at radius 2 is 1.43 bits per heavy atom. The molecule has 3 saturated carbocycles. The standard InChI is InChI=1S/C11H17NO2/c12-6-3-9-7-1-5(11(13)14)2-8(7)10(9)4-6/h5-10H,1-4,12H2,(H,13,14). The van der Waals surface area contributed by atoms with E-state index in [4.69, 9.17) is 10.8 Å². The summed E-state index contributed by atoms with van der Waals surface area (Å²) in [5, 5.41) is 8.97. The molecule has 3 aliphatic rings. The molecule has 0 saturated heterocycles. The quantitative estimate of drug-likeness (QED) is 0.658. The molecular formula is C11H17NO2. The Labute approximate surface area is 83.7 Å². The van der Waals surface area contributed by atoms with Crippen molar-refractivity contribution in [1.29, 1.82) is 0 Å². The van der Waals surface area contributed by atoms with Gasteiger partial charge in [0.1, 0.15) is 0 Å². The number of hydrogen-bond donors (Lipinski definition) is 2. The summed E-state index contributed by atoms with van der Waals surface area (Å²) in [7, 11) is 0. The topological polar surface area (TPSA) is 63.3 Å². The Kier molecular flexibility index (Phi) is 1.69. The van der Waals surface area contributed by atoms with Crippen LogP contribution in [-0.2, 0) is 4.79 Å². The average Bonchev–Trinajstić information content (AvgIpc) is 2.63. The molecular weight excluding hydrogens is 178 g/mol. The fourth-order valence-corrected chi connectivity index (χ4v) is 4.27. The lowest BCUT2D eigenvalue weighted by Crippen LogP contribution is -2.39. The molecule has 0 radical (unpaired) electrons. The highest BCUT2D eigenvalue weighted by Crippen LogP contribution is 2.62. The van der Waals surface area contributed by atoms with Gasteiger partial charge < -0.3 is 10.8 Å². The SMILES string of the molecule is NC1CC2C(C1)C1CC(C(=O)O)CC21. The molecule has 14 heavy (non-hydrogen) atoms. The van der Waals surface area contributed by atoms with Crippen LogP contribution in [0.25, 0.3) is 0 Å². The Balaban J connectivity index is 1.72. The predicted octanol–water partition coefficient (Wildman–Crippen LogP) is 1.08. The van der Waals surface area contributed by atoms with Crippen LogP contribution in [0.3, 0.4) is 0 Å². The number of hydrogen-bond acceptors (Lipinski definition) is 2. The lowest BCUT2D eigenvalue weighted by Gasteiger charge is -2.45. The molecule has 0 aromatic rings. The zero-order chi connectivity index (χ0) is 9.87. The third-order valence-electron chi connectivity index (χ3n) is 4.81. The highest BCUT2D eigenvalue weighted by Gasteiger charge is 2.58. The van der Waals surface area contributed by atoms with E-state index in [0.717, 1.165) is 37.5 Å². The molecule has 4 atom stereocenters. The molecule has 3 N–H and O–H groups in total. The van der Waals surface area contributed by atoms with Crippen LogP contribution in [0.5, 0.6) is 0 Å². The number of carbonyl (C=O) groups is 1. The first-order valence-electron chi connectivity index (χ1n) is 5.65. The molecule has 0 amide bonds. The second-order valence-electron chi connectivity index (χ2n) is 5.39. The van der Waals surface area contributed by atoms with Crippen LogP contribution in [0.1, 0.15) is 25.7 Å². The lowest BCUT2D eigenvalue weighted by molar-refractivity contribution is -0.141. The highest BCUT2D eigenvalue weighted by atomic mass is 16.4. The van der Waals surface area contributed by atoms with Crippen molar-refractivity contribution >= 4 is 5.97 Å². The zero-order valence-corrected chi connectivity index (χ0v) is 8.23. The number of nitrogens with two attached hydrogens (primary N) is 1. The van der Waals surface area contributed by atoms with Crippen molar-refractivity contribution < 1.29 is 9.90 Å². The van der Waals surface area contributed by atoms with Crippen molar-refractivity contribution in [2.75, 3.05) is 0 Å². The molecule has 0 bridgehead atoms. The molecule has 0 heterocycles. The van der Waals surface area contributed by atoms with Gasteiger partial charge in [0.05, 0.1) is 5.92 Å². The molecule has 3 heteroatoms. The van der Waals surface area contributed by atoms with E-state index < -0.39 is 5.97 Å². The first-order valence-corrected chi connectivity index (χ1v) is 5.65. The number of aliphatic carboxylic acids is 1. The molecule has 0 aromatic carbocycles. The van der Waals surface area contributed by atoms with Crippen molar-refractivity contribution in [3.63, 3.8) is 0 Å². The molecule has 4 unspecified atom stereocenters. The van der Waals surface area contributed by atoms with E-state index in [9.17, 15) is 4.79 Å². The fourth-order valence-electron chi connectivity index (χ4n) is 4.27. The Morgan fingerprint density at radius 3 is 1.86 bits per heavy atom. The van der Waals surface area contributed by atoms with Crippen LogP contribution in [0, 0.1) is 29.6 Å². The summed E-state index contributed by atoms with van der Waals surface area (Å²) < 4.78 is 0. The van der Waals surface area contributed by atoms with Gasteiger partial charge in [-0.3, -0.25) is 4.79 Å². The minimum atomic E-state index is -0.582. The van der Waals surface area contributed by atoms with E-state index in [0.29, 0.717) is 17.9 Å². The van der Waals surface area contributed by atoms with Gasteiger partial charge in [0.15, 0.2) is 0 Å². The Bertz CT molecular complexity index is 258. The average molecular weight is 195 g/mol. The van der Waals surface area contributed by atoms with E-state index in [1.54, 1.807) is 0 Å². The van der Waals surface area contributed by atoms with Crippen LogP contribution in [0.2, 0.25) is 0 Å². The van der Waals surface area contributed by atoms with Crippen molar-refractivity contribution in [3.8, 4) is 0 Å². The Hall–Kier alpha value is -0.570. The minimum Gasteiger partial charge on any atom is -0.481 e. The number of carboxylic acids is 1. The summed E-state index contributed by atoms with van der Waals surface area (Å²) in [6, 6.07) is 0.402. The van der Waals surface area contributed by atoms with Crippen molar-refractivity contribution in [3.05, 3.63) is 0 Å². The van der Waals surface area contributed by atoms with Gasteiger partial charge in [0.25, 0.3) is 0 Å². The zero-order valence-electron chi connectivity index (χ0n) is 8.23. The summed E-state index contributed by atoms with van der Waals surface area (Å²) in [4.78, 5) is 10.9. The monoisotopic (exact) mass is 195 g/mol. The molecule has 78 valence electrons. The molecule has 0 spiro atoms. The second kappa shape index (κ2) is 2.72. The number of rotatable bonds is 1. The van der Waals surface area contributed by atoms with Crippen molar-refractivity contribution in [1.82, 2.24) is 0 Å². The van der Waals surface area contributed by atoms with E-state index in [2.05, 4.69) is 0 Å². The Morgan fingerprint density at radius 1 is 1.00 bits per heavy atom. The summed E-state index contributed by atoms with van der Waals surface area (Å²) in [6.45, 7) is 0. The van der Waals surface area contributed by atoms with Crippen LogP contribution >= 0.6 is 0 Å². The van der Waals surface area contributed by atoms with Gasteiger partial charge in [0, 0.05) is 6.04 Å². The lowest BCUT2D eigenvalue weighted by atomic mass is 9.60. The van der Waals surface area contributed by atoms with Gasteiger partial charge in [-0.2, -0.15) is 0 Å². The van der Waals surface area contributed by atoms with Gasteiger partial charge in [0.2, 0.25) is 0 Å². The smallest absolute Gasteiger partial charge is 0.306 e. The molecule has 0 aromatic heterocycles. The van der Waals surface area contributed by atoms with Crippen LogP contribution < -0.4 is 5.73 Å². The molecule has 3 aliphatic carbocycles. The minimum absolute atomic E-state index is 0.0492. The third kappa shape index (κ3) is 0.991. The molecule has 0 aliphatic heterocycles. The second-order valence-corrected chi connectivity index (χ2v) is 5.39. The molecule has 3 rings (SSSR count). The molecule has 3 nitrogen and oxygen atoms in total. The van der Waals surface area contributed by atoms with Crippen LogP contribution in [0.15, 0.2) is 0 Å². The third-order valence-corrected chi connectivity index (χ3v) is 4.81. The van der Waals surface area contributed by atoms with E-state index in [1.165, 1.54) is 0 Å². The molecule has 3 fully saturated rings. The first-order chi connectivity index (χ1) is 6.66. The predicted molar refractivity (Wildman–Crippen MR) is 51.5 cm³/mol. The maximum atomic E-state index is 10.9. The number of carboxylic acid groups (broad SMARTS) is 1. The van der Waals surface area contributed by atoms with Crippen LogP contribution in [0.4, 0.5) is 0 Å². The number of fused-ring (bicyclic) bond motifs is 4. The maximum absolute atomic E-state index is 10.9. The normalized spacial score (nSPS) is 54.9. The van der Waals surface area contributed by atoms with Crippen molar-refractivity contribution in [2.24, 2.45) is 35.3 Å². The summed E-state index contributed by atoms with van der Waals surface area (Å²) in [6.07, 6.45) is 4.15. The van der Waals surface area contributed by atoms with Gasteiger partial charge >= 0.3 is 5.97 Å². The van der Waals surface area contributed by atoms with E-state index in [1.807, 2.05) is 0 Å². The van der Waals surface area contributed by atoms with Crippen molar-refractivity contribution in [2.45, 2.75) is 31.7 Å². The van der Waals surface area contributed by atoms with Gasteiger partial charge in [-0.15, -0.1) is 0 Å². The van der Waals surface area contributed by atoms with E-state index in [-0.39, 0.29) is 5.92 Å². The fraction of sp³-hybridized carbons (Fsp3) is 0.909. The van der Waals surface area contributed by atoms with Gasteiger partial charge in [-0.1, -0.05) is 0 Å². The van der Waals surface area contributed by atoms with Gasteiger partial charge in [-0.25, -0.2) is 0 Å². The van der Waals surface area contributed by atoms with Gasteiger partial charge in [-0.05, 0) is 49.4 Å². The summed E-state index contributed by atoms with van der Waals surface area (Å²) >= 11 is 0. The van der Waals surface area contributed by atoms with Crippen LogP contribution in [-0.4, -0.2) is 17.1 Å². The highest BCUT2D eigenvalue weighted by molar-refractivity contribution is 5.70. The first kappa shape index (κ1) is 8.72. The maximum Gasteiger partial charge on any atom is 0.306 e. The summed E-state index contributed by atoms with van der Waals surface area (Å²) in [5.41, 5.74) is 5.94. The van der Waals surface area contributed by atoms with E-state index >= 15 is 0 Å². The largest absolute Gasteiger partial charge is 0.481 e. The summed E-state index contributed by atoms with van der Waals surface area (Å²) in [5.74, 6) is 2.33.